The Morgan fingerprint density at radius 3 is 3.00 bits per heavy atom. The van der Waals surface area contributed by atoms with Gasteiger partial charge < -0.3 is 15.6 Å². The Balaban J connectivity index is 1.69. The van der Waals surface area contributed by atoms with Gasteiger partial charge in [0.05, 0.1) is 5.52 Å². The van der Waals surface area contributed by atoms with Crippen molar-refractivity contribution < 1.29 is 0 Å². The highest BCUT2D eigenvalue weighted by atomic mass is 16.1. The number of hydrogen-bond acceptors (Lipinski definition) is 3. The van der Waals surface area contributed by atoms with Gasteiger partial charge in [-0.3, -0.25) is 4.79 Å². The zero-order valence-electron chi connectivity index (χ0n) is 11.6. The fourth-order valence-corrected chi connectivity index (χ4v) is 2.90. The van der Waals surface area contributed by atoms with Crippen molar-refractivity contribution >= 4 is 16.6 Å². The molecule has 1 unspecified atom stereocenters. The second-order valence-electron chi connectivity index (χ2n) is 5.46. The molecule has 1 aromatic heterocycles. The topological polar surface area (TPSA) is 56.9 Å². The molecular formula is C16H21N3O. The molecule has 1 atom stereocenters. The maximum absolute atomic E-state index is 11.7. The number of anilines is 1. The number of pyridine rings is 1. The standard InChI is InChI=1S/C16H21N3O/c20-16-11-15(13-6-1-2-7-14(13)19-16)18-10-8-12-5-3-4-9-17-12/h1-2,6-7,11-12,17H,3-5,8-10H2,(H2,18,19,20). The van der Waals surface area contributed by atoms with Crippen LogP contribution in [0.3, 0.4) is 0 Å². The van der Waals surface area contributed by atoms with Gasteiger partial charge in [-0.1, -0.05) is 24.6 Å². The number of piperidine rings is 1. The zero-order chi connectivity index (χ0) is 13.8. The summed E-state index contributed by atoms with van der Waals surface area (Å²) >= 11 is 0. The molecule has 0 bridgehead atoms. The highest BCUT2D eigenvalue weighted by Gasteiger charge is 2.11. The Bertz CT molecular complexity index is 629. The molecule has 1 aromatic carbocycles. The molecule has 0 spiro atoms. The van der Waals surface area contributed by atoms with Crippen molar-refractivity contribution in [3.05, 3.63) is 40.7 Å². The Labute approximate surface area is 118 Å². The summed E-state index contributed by atoms with van der Waals surface area (Å²) in [5.74, 6) is 0. The quantitative estimate of drug-likeness (QED) is 0.800. The van der Waals surface area contributed by atoms with Crippen LogP contribution in [0.25, 0.3) is 10.9 Å². The average Bonchev–Trinajstić information content (AvgIpc) is 2.48. The highest BCUT2D eigenvalue weighted by molar-refractivity contribution is 5.90. The van der Waals surface area contributed by atoms with E-state index in [0.717, 1.165) is 36.1 Å². The number of rotatable bonds is 4. The first-order valence-corrected chi connectivity index (χ1v) is 7.42. The fourth-order valence-electron chi connectivity index (χ4n) is 2.90. The normalized spacial score (nSPS) is 19.1. The monoisotopic (exact) mass is 271 g/mol. The molecule has 2 heterocycles. The molecule has 0 aliphatic carbocycles. The van der Waals surface area contributed by atoms with Crippen LogP contribution in [0.2, 0.25) is 0 Å². The maximum Gasteiger partial charge on any atom is 0.250 e. The van der Waals surface area contributed by atoms with Crippen LogP contribution in [0.5, 0.6) is 0 Å². The van der Waals surface area contributed by atoms with Gasteiger partial charge in [-0.15, -0.1) is 0 Å². The Kier molecular flexibility index (Phi) is 4.02. The third-order valence-electron chi connectivity index (χ3n) is 3.97. The molecule has 4 heteroatoms. The van der Waals surface area contributed by atoms with Crippen molar-refractivity contribution in [3.63, 3.8) is 0 Å². The molecule has 1 aliphatic rings. The van der Waals surface area contributed by atoms with Crippen molar-refractivity contribution in [1.82, 2.24) is 10.3 Å². The molecular weight excluding hydrogens is 250 g/mol. The molecule has 0 amide bonds. The first-order chi connectivity index (χ1) is 9.83. The van der Waals surface area contributed by atoms with Gasteiger partial charge in [-0.2, -0.15) is 0 Å². The predicted molar refractivity (Wildman–Crippen MR) is 83.3 cm³/mol. The summed E-state index contributed by atoms with van der Waals surface area (Å²) in [6.45, 7) is 2.03. The van der Waals surface area contributed by atoms with Crippen molar-refractivity contribution in [1.29, 1.82) is 0 Å². The largest absolute Gasteiger partial charge is 0.384 e. The van der Waals surface area contributed by atoms with Gasteiger partial charge in [0.15, 0.2) is 0 Å². The van der Waals surface area contributed by atoms with Crippen LogP contribution in [-0.2, 0) is 0 Å². The molecule has 0 saturated carbocycles. The first kappa shape index (κ1) is 13.2. The van der Waals surface area contributed by atoms with Crippen LogP contribution in [-0.4, -0.2) is 24.1 Å². The molecule has 106 valence electrons. The molecule has 0 radical (unpaired) electrons. The number of para-hydroxylation sites is 1. The molecule has 3 N–H and O–H groups in total. The molecule has 1 aliphatic heterocycles. The summed E-state index contributed by atoms with van der Waals surface area (Å²) in [7, 11) is 0. The van der Waals surface area contributed by atoms with E-state index < -0.39 is 0 Å². The summed E-state index contributed by atoms with van der Waals surface area (Å²) < 4.78 is 0. The molecule has 1 fully saturated rings. The maximum atomic E-state index is 11.7. The minimum atomic E-state index is -0.0537. The summed E-state index contributed by atoms with van der Waals surface area (Å²) in [5, 5.41) is 8.03. The van der Waals surface area contributed by atoms with Crippen LogP contribution >= 0.6 is 0 Å². The number of H-pyrrole nitrogens is 1. The molecule has 20 heavy (non-hydrogen) atoms. The van der Waals surface area contributed by atoms with Crippen molar-refractivity contribution in [2.45, 2.75) is 31.7 Å². The lowest BCUT2D eigenvalue weighted by atomic mass is 10.0. The van der Waals surface area contributed by atoms with Gasteiger partial charge >= 0.3 is 0 Å². The summed E-state index contributed by atoms with van der Waals surface area (Å²) in [6.07, 6.45) is 4.98. The van der Waals surface area contributed by atoms with Crippen molar-refractivity contribution in [3.8, 4) is 0 Å². The lowest BCUT2D eigenvalue weighted by molar-refractivity contribution is 0.389. The van der Waals surface area contributed by atoms with E-state index in [-0.39, 0.29) is 5.56 Å². The summed E-state index contributed by atoms with van der Waals surface area (Å²) in [6, 6.07) is 10.2. The predicted octanol–water partition coefficient (Wildman–Crippen LogP) is 2.47. The second-order valence-corrected chi connectivity index (χ2v) is 5.46. The minimum Gasteiger partial charge on any atom is -0.384 e. The van der Waals surface area contributed by atoms with Crippen LogP contribution in [0.1, 0.15) is 25.7 Å². The van der Waals surface area contributed by atoms with E-state index in [1.54, 1.807) is 6.07 Å². The third-order valence-corrected chi connectivity index (χ3v) is 3.97. The number of aromatic nitrogens is 1. The van der Waals surface area contributed by atoms with E-state index in [4.69, 9.17) is 0 Å². The van der Waals surface area contributed by atoms with Gasteiger partial charge in [0.25, 0.3) is 0 Å². The van der Waals surface area contributed by atoms with Crippen LogP contribution < -0.4 is 16.2 Å². The van der Waals surface area contributed by atoms with Crippen LogP contribution in [0.4, 0.5) is 5.69 Å². The highest BCUT2D eigenvalue weighted by Crippen LogP contribution is 2.19. The zero-order valence-corrected chi connectivity index (χ0v) is 11.6. The lowest BCUT2D eigenvalue weighted by Gasteiger charge is -2.23. The number of benzene rings is 1. The number of hydrogen-bond donors (Lipinski definition) is 3. The van der Waals surface area contributed by atoms with Crippen molar-refractivity contribution in [2.24, 2.45) is 0 Å². The van der Waals surface area contributed by atoms with Crippen molar-refractivity contribution in [2.75, 3.05) is 18.4 Å². The van der Waals surface area contributed by atoms with Gasteiger partial charge in [0, 0.05) is 29.7 Å². The third kappa shape index (κ3) is 3.02. The smallest absolute Gasteiger partial charge is 0.250 e. The SMILES string of the molecule is O=c1cc(NCCC2CCCCN2)c2ccccc2[nH]1. The summed E-state index contributed by atoms with van der Waals surface area (Å²) in [4.78, 5) is 14.5. The number of aromatic amines is 1. The lowest BCUT2D eigenvalue weighted by Crippen LogP contribution is -2.35. The van der Waals surface area contributed by atoms with Crippen LogP contribution in [0.15, 0.2) is 35.1 Å². The minimum absolute atomic E-state index is 0.0537. The molecule has 1 saturated heterocycles. The van der Waals surface area contributed by atoms with Gasteiger partial charge in [-0.05, 0) is 31.9 Å². The van der Waals surface area contributed by atoms with Gasteiger partial charge in [-0.25, -0.2) is 0 Å². The Morgan fingerprint density at radius 1 is 1.25 bits per heavy atom. The van der Waals surface area contributed by atoms with E-state index in [1.165, 1.54) is 19.3 Å². The molecule has 3 rings (SSSR count). The number of nitrogens with one attached hydrogen (secondary N) is 3. The molecule has 4 nitrogen and oxygen atoms in total. The van der Waals surface area contributed by atoms with Crippen LogP contribution in [0, 0.1) is 0 Å². The van der Waals surface area contributed by atoms with Gasteiger partial charge in [0.1, 0.15) is 0 Å². The van der Waals surface area contributed by atoms with E-state index in [1.807, 2.05) is 24.3 Å². The Hall–Kier alpha value is -1.81. The molecule has 2 aromatic rings. The second kappa shape index (κ2) is 6.09. The van der Waals surface area contributed by atoms with Gasteiger partial charge in [0.2, 0.25) is 5.56 Å². The Morgan fingerprint density at radius 2 is 2.15 bits per heavy atom. The fraction of sp³-hybridized carbons (Fsp3) is 0.438. The van der Waals surface area contributed by atoms with E-state index in [2.05, 4.69) is 15.6 Å². The summed E-state index contributed by atoms with van der Waals surface area (Å²) in [5.41, 5.74) is 1.76. The van der Waals surface area contributed by atoms with E-state index >= 15 is 0 Å². The van der Waals surface area contributed by atoms with E-state index in [9.17, 15) is 4.79 Å². The van der Waals surface area contributed by atoms with E-state index in [0.29, 0.717) is 6.04 Å². The average molecular weight is 271 g/mol. The number of fused-ring (bicyclic) bond motifs is 1. The first-order valence-electron chi connectivity index (χ1n) is 7.42.